The minimum Gasteiger partial charge on any atom is -0.421 e. The number of nitrogens with zero attached hydrogens (tertiary/aromatic N) is 5. The van der Waals surface area contributed by atoms with E-state index < -0.39 is 0 Å². The number of fused-ring (bicyclic) bond motifs is 2. The van der Waals surface area contributed by atoms with Gasteiger partial charge in [-0.3, -0.25) is 9.88 Å². The Kier molecular flexibility index (Phi) is 5.90. The maximum atomic E-state index is 13.0. The smallest absolute Gasteiger partial charge is 0.344 e. The van der Waals surface area contributed by atoms with E-state index in [0.717, 1.165) is 60.6 Å². The summed E-state index contributed by atoms with van der Waals surface area (Å²) >= 11 is 0. The lowest BCUT2D eigenvalue weighted by atomic mass is 10.1. The van der Waals surface area contributed by atoms with Crippen LogP contribution >= 0.6 is 0 Å². The van der Waals surface area contributed by atoms with Crippen LogP contribution in [0.1, 0.15) is 45.5 Å². The third kappa shape index (κ3) is 3.98. The van der Waals surface area contributed by atoms with Crippen molar-refractivity contribution in [2.24, 2.45) is 0 Å². The van der Waals surface area contributed by atoms with Crippen molar-refractivity contribution in [2.45, 2.75) is 59.5 Å². The number of imidazole rings is 1. The Morgan fingerprint density at radius 1 is 1.06 bits per heavy atom. The first kappa shape index (κ1) is 22.6. The van der Waals surface area contributed by atoms with Gasteiger partial charge in [0.1, 0.15) is 5.69 Å². The molecule has 0 amide bonds. The minimum atomic E-state index is -0.331. The van der Waals surface area contributed by atoms with Crippen LogP contribution in [0.3, 0.4) is 0 Å². The average molecular weight is 460 g/mol. The van der Waals surface area contributed by atoms with Gasteiger partial charge in [-0.05, 0) is 63.7 Å². The van der Waals surface area contributed by atoms with Gasteiger partial charge in [0, 0.05) is 43.3 Å². The average Bonchev–Trinajstić information content (AvgIpc) is 3.24. The molecule has 1 saturated heterocycles. The Bertz CT molecular complexity index is 1390. The van der Waals surface area contributed by atoms with E-state index in [9.17, 15) is 4.79 Å². The lowest BCUT2D eigenvalue weighted by Crippen LogP contribution is -2.56. The molecular formula is C27H33N5O2. The molecule has 0 N–H and O–H groups in total. The summed E-state index contributed by atoms with van der Waals surface area (Å²) in [5.41, 5.74) is 4.04. The molecule has 1 aliphatic rings. The van der Waals surface area contributed by atoms with Crippen LogP contribution in [0.2, 0.25) is 0 Å². The normalized spacial score (nSPS) is 19.4. The molecule has 0 unspecified atom stereocenters. The van der Waals surface area contributed by atoms with Crippen molar-refractivity contribution in [3.63, 3.8) is 0 Å². The van der Waals surface area contributed by atoms with Crippen molar-refractivity contribution in [1.82, 2.24) is 19.3 Å². The van der Waals surface area contributed by atoms with E-state index >= 15 is 0 Å². The van der Waals surface area contributed by atoms with Gasteiger partial charge in [0.15, 0.2) is 11.4 Å². The maximum Gasteiger partial charge on any atom is 0.344 e. The molecule has 5 rings (SSSR count). The second kappa shape index (κ2) is 8.87. The van der Waals surface area contributed by atoms with Crippen LogP contribution in [0.4, 0.5) is 5.69 Å². The molecular weight excluding hydrogens is 426 g/mol. The molecule has 1 aliphatic heterocycles. The number of piperazine rings is 1. The van der Waals surface area contributed by atoms with Crippen molar-refractivity contribution < 1.29 is 4.42 Å². The predicted octanol–water partition coefficient (Wildman–Crippen LogP) is 4.68. The van der Waals surface area contributed by atoms with Gasteiger partial charge in [-0.2, -0.15) is 0 Å². The lowest BCUT2D eigenvalue weighted by molar-refractivity contribution is 0.132. The second-order valence-electron chi connectivity index (χ2n) is 9.55. The number of aromatic nitrogens is 3. The molecule has 178 valence electrons. The molecule has 0 radical (unpaired) electrons. The highest BCUT2D eigenvalue weighted by Crippen LogP contribution is 2.28. The van der Waals surface area contributed by atoms with Crippen LogP contribution in [-0.2, 0) is 6.42 Å². The summed E-state index contributed by atoms with van der Waals surface area (Å²) in [4.78, 5) is 27.3. The highest BCUT2D eigenvalue weighted by Gasteiger charge is 2.29. The van der Waals surface area contributed by atoms with Crippen LogP contribution in [0.5, 0.6) is 0 Å². The van der Waals surface area contributed by atoms with E-state index in [1.165, 1.54) is 0 Å². The molecule has 1 fully saturated rings. The summed E-state index contributed by atoms with van der Waals surface area (Å²) in [5, 5.41) is 1.47. The van der Waals surface area contributed by atoms with Crippen molar-refractivity contribution >= 4 is 22.1 Å². The Labute approximate surface area is 200 Å². The first-order valence-corrected chi connectivity index (χ1v) is 12.3. The van der Waals surface area contributed by atoms with Gasteiger partial charge in [-0.25, -0.2) is 9.78 Å². The minimum absolute atomic E-state index is 0.331. The van der Waals surface area contributed by atoms with E-state index in [4.69, 9.17) is 9.40 Å². The van der Waals surface area contributed by atoms with Crippen LogP contribution in [0.15, 0.2) is 45.9 Å². The fourth-order valence-electron chi connectivity index (χ4n) is 5.32. The number of benzene rings is 1. The number of rotatable bonds is 5. The second-order valence-corrected chi connectivity index (χ2v) is 9.55. The van der Waals surface area contributed by atoms with Crippen molar-refractivity contribution in [2.75, 3.05) is 24.5 Å². The summed E-state index contributed by atoms with van der Waals surface area (Å²) in [6, 6.07) is 8.98. The third-order valence-electron chi connectivity index (χ3n) is 6.91. The van der Waals surface area contributed by atoms with Gasteiger partial charge in [0.05, 0.1) is 16.8 Å². The topological polar surface area (TPSA) is 66.9 Å². The number of hydrogen-bond acceptors (Lipinski definition) is 6. The number of hydrogen-bond donors (Lipinski definition) is 0. The van der Waals surface area contributed by atoms with E-state index in [-0.39, 0.29) is 5.63 Å². The van der Waals surface area contributed by atoms with Gasteiger partial charge in [0.2, 0.25) is 0 Å². The molecule has 7 heteroatoms. The largest absolute Gasteiger partial charge is 0.421 e. The van der Waals surface area contributed by atoms with Crippen LogP contribution in [-0.4, -0.2) is 51.0 Å². The Morgan fingerprint density at radius 2 is 1.82 bits per heavy atom. The summed E-state index contributed by atoms with van der Waals surface area (Å²) in [7, 11) is 0. The van der Waals surface area contributed by atoms with Gasteiger partial charge < -0.3 is 13.7 Å². The van der Waals surface area contributed by atoms with Crippen LogP contribution in [0, 0.1) is 6.92 Å². The molecule has 3 aromatic heterocycles. The summed E-state index contributed by atoms with van der Waals surface area (Å²) in [6.07, 6.45) is 5.80. The fourth-order valence-corrected chi connectivity index (χ4v) is 5.32. The standard InChI is InChI=1S/C27H33N5O2/c1-6-10-32-18(4)14-30(15-19(32)5)21-9-8-20-11-25(34-27(33)22(20)12-21)24-16-31-13-17(3)28-23(7-2)26(31)29-24/h8-9,11-13,16,18-19H,6-7,10,14-15H2,1-5H3/t18-,19+. The third-order valence-corrected chi connectivity index (χ3v) is 6.91. The number of anilines is 1. The zero-order valence-electron chi connectivity index (χ0n) is 20.7. The van der Waals surface area contributed by atoms with Gasteiger partial charge >= 0.3 is 5.63 Å². The highest BCUT2D eigenvalue weighted by molar-refractivity contribution is 5.87. The van der Waals surface area contributed by atoms with Crippen LogP contribution in [0.25, 0.3) is 27.9 Å². The van der Waals surface area contributed by atoms with Gasteiger partial charge in [-0.1, -0.05) is 19.9 Å². The van der Waals surface area contributed by atoms with Gasteiger partial charge in [-0.15, -0.1) is 0 Å². The van der Waals surface area contributed by atoms with Crippen molar-refractivity contribution in [1.29, 1.82) is 0 Å². The van der Waals surface area contributed by atoms with E-state index in [1.807, 2.05) is 41.9 Å². The maximum absolute atomic E-state index is 13.0. The SMILES string of the molecule is CCCN1[C@H](C)CN(c2ccc3cc(-c4cn5cc(C)nc(CC)c5n4)oc(=O)c3c2)C[C@@H]1C. The molecule has 7 nitrogen and oxygen atoms in total. The number of aryl methyl sites for hydroxylation is 2. The molecule has 4 heterocycles. The zero-order chi connectivity index (χ0) is 24.0. The Balaban J connectivity index is 1.49. The van der Waals surface area contributed by atoms with Crippen LogP contribution < -0.4 is 10.5 Å². The molecule has 0 aliphatic carbocycles. The predicted molar refractivity (Wildman–Crippen MR) is 137 cm³/mol. The molecule has 34 heavy (non-hydrogen) atoms. The summed E-state index contributed by atoms with van der Waals surface area (Å²) < 4.78 is 7.73. The van der Waals surface area contributed by atoms with Crippen molar-refractivity contribution in [3.05, 3.63) is 58.5 Å². The van der Waals surface area contributed by atoms with Gasteiger partial charge in [0.25, 0.3) is 0 Å². The zero-order valence-corrected chi connectivity index (χ0v) is 20.7. The lowest BCUT2D eigenvalue weighted by Gasteiger charge is -2.45. The fraction of sp³-hybridized carbons (Fsp3) is 0.444. The molecule has 1 aromatic carbocycles. The molecule has 0 spiro atoms. The monoisotopic (exact) mass is 459 g/mol. The Hall–Kier alpha value is -3.19. The van der Waals surface area contributed by atoms with E-state index in [0.29, 0.717) is 28.9 Å². The molecule has 4 aromatic rings. The highest BCUT2D eigenvalue weighted by atomic mass is 16.4. The van der Waals surface area contributed by atoms with E-state index in [1.54, 1.807) is 0 Å². The molecule has 2 atom stereocenters. The summed E-state index contributed by atoms with van der Waals surface area (Å²) in [6.45, 7) is 13.9. The molecule has 0 bridgehead atoms. The first-order valence-electron chi connectivity index (χ1n) is 12.3. The Morgan fingerprint density at radius 3 is 2.53 bits per heavy atom. The molecule has 0 saturated carbocycles. The first-order chi connectivity index (χ1) is 16.4. The quantitative estimate of drug-likeness (QED) is 0.432. The van der Waals surface area contributed by atoms with E-state index in [2.05, 4.69) is 48.5 Å². The van der Waals surface area contributed by atoms with Crippen molar-refractivity contribution in [3.8, 4) is 11.5 Å². The summed E-state index contributed by atoms with van der Waals surface area (Å²) in [5.74, 6) is 0.476.